The summed E-state index contributed by atoms with van der Waals surface area (Å²) in [4.78, 5) is 20.2. The van der Waals surface area contributed by atoms with Crippen LogP contribution in [-0.4, -0.2) is 28.2 Å². The Bertz CT molecular complexity index is 731. The third-order valence-electron chi connectivity index (χ3n) is 6.53. The smallest absolute Gasteiger partial charge is 0.230 e. The lowest BCUT2D eigenvalue weighted by Gasteiger charge is -2.56. The predicted octanol–water partition coefficient (Wildman–Crippen LogP) is 3.99. The van der Waals surface area contributed by atoms with Crippen LogP contribution in [0.1, 0.15) is 38.5 Å². The molecule has 5 heteroatoms. The Morgan fingerprint density at radius 3 is 2.52 bits per heavy atom. The Balaban J connectivity index is 1.16. The Kier molecular flexibility index (Phi) is 3.81. The molecule has 0 unspecified atom stereocenters. The summed E-state index contributed by atoms with van der Waals surface area (Å²) >= 11 is 1.49. The van der Waals surface area contributed by atoms with E-state index in [0.29, 0.717) is 11.2 Å². The lowest BCUT2D eigenvalue weighted by Crippen LogP contribution is -2.51. The number of rotatable bonds is 5. The van der Waals surface area contributed by atoms with Gasteiger partial charge in [-0.15, -0.1) is 0 Å². The Hall–Kier alpha value is -1.49. The molecule has 2 N–H and O–H groups in total. The molecule has 132 valence electrons. The van der Waals surface area contributed by atoms with E-state index in [-0.39, 0.29) is 5.91 Å². The third kappa shape index (κ3) is 3.07. The van der Waals surface area contributed by atoms with Gasteiger partial charge in [-0.05, 0) is 73.8 Å². The highest BCUT2D eigenvalue weighted by Crippen LogP contribution is 2.59. The Labute approximate surface area is 152 Å². The van der Waals surface area contributed by atoms with E-state index in [1.807, 2.05) is 24.3 Å². The van der Waals surface area contributed by atoms with Crippen LogP contribution in [0.3, 0.4) is 0 Å². The number of H-pyrrole nitrogens is 1. The lowest BCUT2D eigenvalue weighted by molar-refractivity contribution is -0.120. The summed E-state index contributed by atoms with van der Waals surface area (Å²) in [5, 5.41) is 4.07. The number of amides is 1. The summed E-state index contributed by atoms with van der Waals surface area (Å²) in [5.41, 5.74) is 2.40. The van der Waals surface area contributed by atoms with Crippen molar-refractivity contribution >= 4 is 28.7 Å². The van der Waals surface area contributed by atoms with Crippen molar-refractivity contribution in [2.24, 2.45) is 23.2 Å². The lowest BCUT2D eigenvalue weighted by atomic mass is 9.49. The normalized spacial score (nSPS) is 33.0. The minimum absolute atomic E-state index is 0.140. The molecule has 4 bridgehead atoms. The molecule has 4 fully saturated rings. The van der Waals surface area contributed by atoms with Crippen molar-refractivity contribution in [2.45, 2.75) is 43.7 Å². The fourth-order valence-corrected chi connectivity index (χ4v) is 6.69. The van der Waals surface area contributed by atoms with Crippen molar-refractivity contribution in [3.05, 3.63) is 24.3 Å². The Morgan fingerprint density at radius 2 is 1.84 bits per heavy atom. The summed E-state index contributed by atoms with van der Waals surface area (Å²) in [7, 11) is 0. The highest BCUT2D eigenvalue weighted by Gasteiger charge is 2.50. The molecule has 25 heavy (non-hydrogen) atoms. The molecule has 4 aliphatic carbocycles. The van der Waals surface area contributed by atoms with Gasteiger partial charge in [-0.2, -0.15) is 0 Å². The summed E-state index contributed by atoms with van der Waals surface area (Å²) in [6, 6.07) is 7.98. The number of hydrogen-bond donors (Lipinski definition) is 2. The molecule has 4 nitrogen and oxygen atoms in total. The number of carbonyl (C=O) groups is 1. The molecule has 4 saturated carbocycles. The van der Waals surface area contributed by atoms with Crippen molar-refractivity contribution in [1.82, 2.24) is 15.3 Å². The topological polar surface area (TPSA) is 57.8 Å². The Morgan fingerprint density at radius 1 is 1.16 bits per heavy atom. The molecular formula is C20H25N3OS. The van der Waals surface area contributed by atoms with Crippen LogP contribution in [0.15, 0.2) is 29.4 Å². The summed E-state index contributed by atoms with van der Waals surface area (Å²) in [5.74, 6) is 3.39. The van der Waals surface area contributed by atoms with E-state index in [9.17, 15) is 4.79 Å². The summed E-state index contributed by atoms with van der Waals surface area (Å²) in [6.45, 7) is 0.885. The molecule has 1 aromatic heterocycles. The molecule has 0 aliphatic heterocycles. The van der Waals surface area contributed by atoms with Crippen molar-refractivity contribution < 1.29 is 4.79 Å². The van der Waals surface area contributed by atoms with E-state index < -0.39 is 0 Å². The van der Waals surface area contributed by atoms with E-state index >= 15 is 0 Å². The minimum atomic E-state index is 0.140. The number of nitrogens with one attached hydrogen (secondary N) is 2. The highest BCUT2D eigenvalue weighted by molar-refractivity contribution is 7.99. The maximum absolute atomic E-state index is 12.4. The first-order chi connectivity index (χ1) is 12.2. The number of para-hydroxylation sites is 2. The number of imidazole rings is 1. The standard InChI is InChI=1S/C20H25N3OS/c24-18(11-25-19-22-16-3-1-2-4-17(16)23-19)21-12-20-8-13-5-14(9-20)7-15(6-13)10-20/h1-4,13-15H,5-12H2,(H,21,24)(H,22,23). The van der Waals surface area contributed by atoms with Gasteiger partial charge in [0.2, 0.25) is 5.91 Å². The van der Waals surface area contributed by atoms with Crippen molar-refractivity contribution in [3.63, 3.8) is 0 Å². The molecule has 0 spiro atoms. The SMILES string of the molecule is O=C(CSc1nc2ccccc2[nH]1)NCC12CC3CC(CC(C3)C1)C2. The van der Waals surface area contributed by atoms with E-state index in [2.05, 4.69) is 15.3 Å². The van der Waals surface area contributed by atoms with Gasteiger partial charge in [-0.3, -0.25) is 4.79 Å². The van der Waals surface area contributed by atoms with Crippen molar-refractivity contribution in [2.75, 3.05) is 12.3 Å². The van der Waals surface area contributed by atoms with Gasteiger partial charge in [0.05, 0.1) is 16.8 Å². The first-order valence-corrected chi connectivity index (χ1v) is 10.5. The first-order valence-electron chi connectivity index (χ1n) is 9.52. The number of benzene rings is 1. The van der Waals surface area contributed by atoms with Gasteiger partial charge in [0, 0.05) is 6.54 Å². The zero-order valence-electron chi connectivity index (χ0n) is 14.5. The number of thioether (sulfide) groups is 1. The molecular weight excluding hydrogens is 330 g/mol. The summed E-state index contributed by atoms with van der Waals surface area (Å²) < 4.78 is 0. The molecule has 6 rings (SSSR count). The monoisotopic (exact) mass is 355 g/mol. The number of aromatic amines is 1. The molecule has 1 amide bonds. The number of hydrogen-bond acceptors (Lipinski definition) is 3. The van der Waals surface area contributed by atoms with Crippen LogP contribution in [0.25, 0.3) is 11.0 Å². The minimum Gasteiger partial charge on any atom is -0.355 e. The van der Waals surface area contributed by atoms with Crippen LogP contribution in [-0.2, 0) is 4.79 Å². The van der Waals surface area contributed by atoms with Crippen LogP contribution in [0.5, 0.6) is 0 Å². The van der Waals surface area contributed by atoms with Crippen LogP contribution in [0.4, 0.5) is 0 Å². The van der Waals surface area contributed by atoms with Crippen molar-refractivity contribution in [1.29, 1.82) is 0 Å². The quantitative estimate of drug-likeness (QED) is 0.798. The molecule has 0 atom stereocenters. The maximum Gasteiger partial charge on any atom is 0.230 e. The zero-order chi connectivity index (χ0) is 16.9. The number of carbonyl (C=O) groups excluding carboxylic acids is 1. The van der Waals surface area contributed by atoms with Gasteiger partial charge in [0.1, 0.15) is 0 Å². The highest BCUT2D eigenvalue weighted by atomic mass is 32.2. The van der Waals surface area contributed by atoms with Gasteiger partial charge in [-0.1, -0.05) is 23.9 Å². The molecule has 1 aromatic carbocycles. The average Bonchev–Trinajstić information content (AvgIpc) is 3.00. The number of fused-ring (bicyclic) bond motifs is 1. The van der Waals surface area contributed by atoms with Crippen LogP contribution >= 0.6 is 11.8 Å². The van der Waals surface area contributed by atoms with Gasteiger partial charge in [0.25, 0.3) is 0 Å². The molecule has 0 saturated heterocycles. The van der Waals surface area contributed by atoms with Gasteiger partial charge in [-0.25, -0.2) is 4.98 Å². The predicted molar refractivity (Wildman–Crippen MR) is 100 cm³/mol. The van der Waals surface area contributed by atoms with E-state index in [4.69, 9.17) is 0 Å². The molecule has 4 aliphatic rings. The van der Waals surface area contributed by atoms with Crippen LogP contribution < -0.4 is 5.32 Å². The molecule has 0 radical (unpaired) electrons. The number of aromatic nitrogens is 2. The van der Waals surface area contributed by atoms with Gasteiger partial charge >= 0.3 is 0 Å². The second-order valence-corrected chi connectivity index (χ2v) is 9.51. The summed E-state index contributed by atoms with van der Waals surface area (Å²) in [6.07, 6.45) is 8.39. The van der Waals surface area contributed by atoms with E-state index in [1.165, 1.54) is 50.3 Å². The molecule has 2 aromatic rings. The van der Waals surface area contributed by atoms with Gasteiger partial charge < -0.3 is 10.3 Å². The second-order valence-electron chi connectivity index (χ2n) is 8.54. The van der Waals surface area contributed by atoms with Crippen LogP contribution in [0, 0.1) is 23.2 Å². The zero-order valence-corrected chi connectivity index (χ0v) is 15.3. The second kappa shape index (κ2) is 6.04. The van der Waals surface area contributed by atoms with Gasteiger partial charge in [0.15, 0.2) is 5.16 Å². The fraction of sp³-hybridized carbons (Fsp3) is 0.600. The first kappa shape index (κ1) is 15.7. The van der Waals surface area contributed by atoms with Crippen molar-refractivity contribution in [3.8, 4) is 0 Å². The average molecular weight is 356 g/mol. The van der Waals surface area contributed by atoms with E-state index in [0.717, 1.165) is 40.5 Å². The van der Waals surface area contributed by atoms with E-state index in [1.54, 1.807) is 0 Å². The third-order valence-corrected chi connectivity index (χ3v) is 7.41. The molecule has 1 heterocycles. The fourth-order valence-electron chi connectivity index (χ4n) is 5.98. The van der Waals surface area contributed by atoms with Crippen LogP contribution in [0.2, 0.25) is 0 Å². The number of nitrogens with zero attached hydrogens (tertiary/aromatic N) is 1. The largest absolute Gasteiger partial charge is 0.355 e. The maximum atomic E-state index is 12.4.